The summed E-state index contributed by atoms with van der Waals surface area (Å²) in [6.07, 6.45) is 0. The standard InChI is InChI=1S/C18H25N5O2S/c1-14(16(24)21(2)3)26-18-20-19-17(22-9-11-25-12-10-22)23(18)13-15-7-5-4-6-8-15/h4-8,14H,9-13H2,1-3H3. The number of amides is 1. The molecule has 1 saturated heterocycles. The number of nitrogens with zero attached hydrogens (tertiary/aromatic N) is 5. The van der Waals surface area contributed by atoms with Gasteiger partial charge in [-0.3, -0.25) is 9.36 Å². The number of hydrogen-bond acceptors (Lipinski definition) is 6. The van der Waals surface area contributed by atoms with Crippen molar-refractivity contribution < 1.29 is 9.53 Å². The highest BCUT2D eigenvalue weighted by molar-refractivity contribution is 8.00. The molecule has 26 heavy (non-hydrogen) atoms. The van der Waals surface area contributed by atoms with Crippen molar-refractivity contribution in [2.45, 2.75) is 23.9 Å². The fourth-order valence-electron chi connectivity index (χ4n) is 2.84. The third-order valence-electron chi connectivity index (χ3n) is 4.25. The highest BCUT2D eigenvalue weighted by atomic mass is 32.2. The van der Waals surface area contributed by atoms with E-state index >= 15 is 0 Å². The Morgan fingerprint density at radius 3 is 2.58 bits per heavy atom. The molecule has 0 spiro atoms. The summed E-state index contributed by atoms with van der Waals surface area (Å²) in [5.41, 5.74) is 1.18. The second kappa shape index (κ2) is 8.55. The van der Waals surface area contributed by atoms with Crippen molar-refractivity contribution in [3.63, 3.8) is 0 Å². The van der Waals surface area contributed by atoms with Crippen LogP contribution in [-0.2, 0) is 16.1 Å². The minimum Gasteiger partial charge on any atom is -0.378 e. The molecule has 140 valence electrons. The van der Waals surface area contributed by atoms with Gasteiger partial charge in [0, 0.05) is 27.2 Å². The van der Waals surface area contributed by atoms with E-state index < -0.39 is 0 Å². The molecule has 8 heteroatoms. The van der Waals surface area contributed by atoms with E-state index in [1.165, 1.54) is 17.3 Å². The lowest BCUT2D eigenvalue weighted by Crippen LogP contribution is -2.38. The van der Waals surface area contributed by atoms with Gasteiger partial charge < -0.3 is 14.5 Å². The molecule has 7 nitrogen and oxygen atoms in total. The van der Waals surface area contributed by atoms with Gasteiger partial charge >= 0.3 is 0 Å². The van der Waals surface area contributed by atoms with Gasteiger partial charge in [0.25, 0.3) is 0 Å². The van der Waals surface area contributed by atoms with Gasteiger partial charge in [-0.15, -0.1) is 10.2 Å². The zero-order valence-electron chi connectivity index (χ0n) is 15.5. The maximum Gasteiger partial charge on any atom is 0.235 e. The third-order valence-corrected chi connectivity index (χ3v) is 5.31. The van der Waals surface area contributed by atoms with Crippen molar-refractivity contribution in [3.8, 4) is 0 Å². The van der Waals surface area contributed by atoms with Crippen LogP contribution in [0.15, 0.2) is 35.5 Å². The Bertz CT molecular complexity index is 728. The molecule has 0 radical (unpaired) electrons. The molecule has 2 aromatic rings. The van der Waals surface area contributed by atoms with Gasteiger partial charge in [-0.05, 0) is 12.5 Å². The fourth-order valence-corrected chi connectivity index (χ4v) is 3.83. The lowest BCUT2D eigenvalue weighted by atomic mass is 10.2. The maximum absolute atomic E-state index is 12.2. The van der Waals surface area contributed by atoms with Gasteiger partial charge in [0.15, 0.2) is 5.16 Å². The Kier molecular flexibility index (Phi) is 6.16. The Morgan fingerprint density at radius 1 is 1.23 bits per heavy atom. The molecule has 0 saturated carbocycles. The van der Waals surface area contributed by atoms with Crippen LogP contribution in [0.4, 0.5) is 5.95 Å². The summed E-state index contributed by atoms with van der Waals surface area (Å²) in [6, 6.07) is 10.2. The molecular formula is C18H25N5O2S. The second-order valence-corrected chi connectivity index (χ2v) is 7.75. The molecule has 3 rings (SSSR count). The van der Waals surface area contributed by atoms with Crippen LogP contribution in [0.5, 0.6) is 0 Å². The predicted molar refractivity (Wildman–Crippen MR) is 103 cm³/mol. The minimum absolute atomic E-state index is 0.0668. The molecule has 1 aromatic heterocycles. The Morgan fingerprint density at radius 2 is 1.92 bits per heavy atom. The van der Waals surface area contributed by atoms with Crippen LogP contribution in [0.3, 0.4) is 0 Å². The summed E-state index contributed by atoms with van der Waals surface area (Å²) in [5, 5.41) is 9.36. The zero-order chi connectivity index (χ0) is 18.5. The van der Waals surface area contributed by atoms with Crippen LogP contribution in [0.25, 0.3) is 0 Å². The van der Waals surface area contributed by atoms with Crippen LogP contribution in [0.1, 0.15) is 12.5 Å². The average Bonchev–Trinajstić information content (AvgIpc) is 3.04. The SMILES string of the molecule is CC(Sc1nnc(N2CCOCC2)n1Cc1ccccc1)C(=O)N(C)C. The number of anilines is 1. The van der Waals surface area contributed by atoms with Crippen molar-refractivity contribution in [1.29, 1.82) is 0 Å². The smallest absolute Gasteiger partial charge is 0.235 e. The summed E-state index contributed by atoms with van der Waals surface area (Å²) in [4.78, 5) is 16.1. The lowest BCUT2D eigenvalue weighted by Gasteiger charge is -2.28. The number of benzene rings is 1. The van der Waals surface area contributed by atoms with Crippen LogP contribution in [0, 0.1) is 0 Å². The second-order valence-electron chi connectivity index (χ2n) is 6.45. The number of aromatic nitrogens is 3. The third kappa shape index (κ3) is 4.37. The topological polar surface area (TPSA) is 63.5 Å². The fraction of sp³-hybridized carbons (Fsp3) is 0.500. The van der Waals surface area contributed by atoms with Gasteiger partial charge in [0.2, 0.25) is 11.9 Å². The first-order valence-corrected chi connectivity index (χ1v) is 9.62. The van der Waals surface area contributed by atoms with Gasteiger partial charge in [0.1, 0.15) is 0 Å². The molecule has 1 unspecified atom stereocenters. The summed E-state index contributed by atoms with van der Waals surface area (Å²) in [6.45, 7) is 5.55. The van der Waals surface area contributed by atoms with Gasteiger partial charge in [-0.25, -0.2) is 0 Å². The largest absolute Gasteiger partial charge is 0.378 e. The van der Waals surface area contributed by atoms with Crippen molar-refractivity contribution in [3.05, 3.63) is 35.9 Å². The average molecular weight is 375 g/mol. The first-order chi connectivity index (χ1) is 12.6. The predicted octanol–water partition coefficient (Wildman–Crippen LogP) is 1.73. The molecule has 2 heterocycles. The van der Waals surface area contributed by atoms with Gasteiger partial charge in [-0.1, -0.05) is 42.1 Å². The van der Waals surface area contributed by atoms with E-state index in [1.807, 2.05) is 25.1 Å². The first kappa shape index (κ1) is 18.7. The molecule has 1 aliphatic heterocycles. The van der Waals surface area contributed by atoms with E-state index in [0.717, 1.165) is 24.2 Å². The van der Waals surface area contributed by atoms with E-state index in [2.05, 4.69) is 31.8 Å². The number of rotatable bonds is 6. The summed E-state index contributed by atoms with van der Waals surface area (Å²) in [7, 11) is 3.54. The van der Waals surface area contributed by atoms with Crippen LogP contribution in [-0.4, -0.2) is 71.2 Å². The molecule has 1 aromatic carbocycles. The number of thioether (sulfide) groups is 1. The quantitative estimate of drug-likeness (QED) is 0.717. The van der Waals surface area contributed by atoms with Crippen LogP contribution >= 0.6 is 11.8 Å². The first-order valence-electron chi connectivity index (χ1n) is 8.74. The van der Waals surface area contributed by atoms with E-state index in [0.29, 0.717) is 19.8 Å². The van der Waals surface area contributed by atoms with Crippen molar-refractivity contribution >= 4 is 23.6 Å². The van der Waals surface area contributed by atoms with E-state index in [-0.39, 0.29) is 11.2 Å². The number of hydrogen-bond donors (Lipinski definition) is 0. The van der Waals surface area contributed by atoms with Crippen LogP contribution < -0.4 is 4.90 Å². The van der Waals surface area contributed by atoms with Crippen molar-refractivity contribution in [1.82, 2.24) is 19.7 Å². The Hall–Kier alpha value is -2.06. The molecular weight excluding hydrogens is 350 g/mol. The summed E-state index contributed by atoms with van der Waals surface area (Å²) in [5.74, 6) is 0.904. The molecule has 0 bridgehead atoms. The zero-order valence-corrected chi connectivity index (χ0v) is 16.3. The normalized spacial score (nSPS) is 15.7. The van der Waals surface area contributed by atoms with Crippen molar-refractivity contribution in [2.75, 3.05) is 45.3 Å². The molecule has 0 aliphatic carbocycles. The summed E-state index contributed by atoms with van der Waals surface area (Å²) < 4.78 is 7.56. The molecule has 1 amide bonds. The molecule has 1 aliphatic rings. The number of carbonyl (C=O) groups is 1. The minimum atomic E-state index is -0.221. The number of carbonyl (C=O) groups excluding carboxylic acids is 1. The van der Waals surface area contributed by atoms with E-state index in [1.54, 1.807) is 19.0 Å². The number of morpholine rings is 1. The number of ether oxygens (including phenoxy) is 1. The lowest BCUT2D eigenvalue weighted by molar-refractivity contribution is -0.127. The maximum atomic E-state index is 12.2. The highest BCUT2D eigenvalue weighted by Crippen LogP contribution is 2.27. The van der Waals surface area contributed by atoms with E-state index in [4.69, 9.17) is 4.74 Å². The summed E-state index contributed by atoms with van der Waals surface area (Å²) >= 11 is 1.45. The van der Waals surface area contributed by atoms with Crippen LogP contribution in [0.2, 0.25) is 0 Å². The Balaban J connectivity index is 1.88. The monoisotopic (exact) mass is 375 g/mol. The Labute approximate surface area is 158 Å². The highest BCUT2D eigenvalue weighted by Gasteiger charge is 2.24. The van der Waals surface area contributed by atoms with Gasteiger partial charge in [-0.2, -0.15) is 0 Å². The molecule has 1 atom stereocenters. The molecule has 0 N–H and O–H groups in total. The van der Waals surface area contributed by atoms with Gasteiger partial charge in [0.05, 0.1) is 25.0 Å². The van der Waals surface area contributed by atoms with E-state index in [9.17, 15) is 4.79 Å². The molecule has 1 fully saturated rings. The van der Waals surface area contributed by atoms with Crippen molar-refractivity contribution in [2.24, 2.45) is 0 Å².